The molecular weight excluding hydrogens is 228 g/mol. The van der Waals surface area contributed by atoms with Crippen LogP contribution in [0.25, 0.3) is 0 Å². The van der Waals surface area contributed by atoms with Gasteiger partial charge < -0.3 is 10.0 Å². The molecule has 0 spiro atoms. The summed E-state index contributed by atoms with van der Waals surface area (Å²) in [6, 6.07) is 3.68. The van der Waals surface area contributed by atoms with Crippen molar-refractivity contribution in [2.75, 3.05) is 18.0 Å². The maximum atomic E-state index is 11.5. The third-order valence-corrected chi connectivity index (χ3v) is 3.39. The standard InChI is InChI=1S/C14H20N2O2/c1-3-13(17)12-6-5-11(9-15-12)16-8-4-7-14(2,18)10-16/h5-6,9,18H,3-4,7-8,10H2,1-2H3. The first-order valence-electron chi connectivity index (χ1n) is 6.48. The predicted molar refractivity (Wildman–Crippen MR) is 70.9 cm³/mol. The van der Waals surface area contributed by atoms with E-state index >= 15 is 0 Å². The van der Waals surface area contributed by atoms with Crippen molar-refractivity contribution in [2.24, 2.45) is 0 Å². The van der Waals surface area contributed by atoms with Crippen LogP contribution in [0.5, 0.6) is 0 Å². The van der Waals surface area contributed by atoms with E-state index in [9.17, 15) is 9.90 Å². The molecule has 1 aliphatic heterocycles. The Morgan fingerprint density at radius 1 is 1.56 bits per heavy atom. The lowest BCUT2D eigenvalue weighted by molar-refractivity contribution is 0.0449. The van der Waals surface area contributed by atoms with E-state index in [0.717, 1.165) is 25.1 Å². The van der Waals surface area contributed by atoms with Gasteiger partial charge in [-0.3, -0.25) is 9.78 Å². The molecule has 0 aliphatic carbocycles. The molecule has 0 saturated carbocycles. The number of nitrogens with zero attached hydrogens (tertiary/aromatic N) is 2. The molecule has 1 aliphatic rings. The average molecular weight is 248 g/mol. The first-order chi connectivity index (χ1) is 8.52. The van der Waals surface area contributed by atoms with Gasteiger partial charge in [-0.1, -0.05) is 6.92 Å². The summed E-state index contributed by atoms with van der Waals surface area (Å²) < 4.78 is 0. The van der Waals surface area contributed by atoms with Crippen LogP contribution in [-0.4, -0.2) is 34.6 Å². The highest BCUT2D eigenvalue weighted by molar-refractivity contribution is 5.94. The van der Waals surface area contributed by atoms with Gasteiger partial charge in [0.25, 0.3) is 0 Å². The molecule has 2 heterocycles. The zero-order valence-electron chi connectivity index (χ0n) is 11.0. The smallest absolute Gasteiger partial charge is 0.180 e. The van der Waals surface area contributed by atoms with Gasteiger partial charge >= 0.3 is 0 Å². The second-order valence-electron chi connectivity index (χ2n) is 5.20. The van der Waals surface area contributed by atoms with Crippen molar-refractivity contribution in [1.29, 1.82) is 0 Å². The van der Waals surface area contributed by atoms with Gasteiger partial charge in [-0.15, -0.1) is 0 Å². The van der Waals surface area contributed by atoms with Gasteiger partial charge in [0.2, 0.25) is 0 Å². The molecule has 1 aromatic heterocycles. The fourth-order valence-corrected chi connectivity index (χ4v) is 2.36. The Kier molecular flexibility index (Phi) is 3.66. The van der Waals surface area contributed by atoms with E-state index in [2.05, 4.69) is 9.88 Å². The molecule has 1 atom stereocenters. The molecule has 0 aromatic carbocycles. The molecule has 1 aromatic rings. The highest BCUT2D eigenvalue weighted by Gasteiger charge is 2.28. The zero-order chi connectivity index (χ0) is 13.2. The van der Waals surface area contributed by atoms with Crippen molar-refractivity contribution < 1.29 is 9.90 Å². The summed E-state index contributed by atoms with van der Waals surface area (Å²) in [5.74, 6) is 0.0622. The molecule has 4 nitrogen and oxygen atoms in total. The number of β-amino-alcohol motifs (C(OH)–C–C–N with tert-alkyl or cyclic N) is 1. The quantitative estimate of drug-likeness (QED) is 0.832. The number of rotatable bonds is 3. The molecule has 1 unspecified atom stereocenters. The maximum Gasteiger partial charge on any atom is 0.180 e. The molecule has 0 radical (unpaired) electrons. The minimum Gasteiger partial charge on any atom is -0.388 e. The summed E-state index contributed by atoms with van der Waals surface area (Å²) >= 11 is 0. The molecule has 1 saturated heterocycles. The Labute approximate surface area is 108 Å². The van der Waals surface area contributed by atoms with Gasteiger partial charge in [-0.05, 0) is 31.9 Å². The van der Waals surface area contributed by atoms with Gasteiger partial charge in [-0.25, -0.2) is 0 Å². The molecule has 0 bridgehead atoms. The summed E-state index contributed by atoms with van der Waals surface area (Å²) in [6.07, 6.45) is 4.01. The number of hydrogen-bond acceptors (Lipinski definition) is 4. The Hall–Kier alpha value is -1.42. The predicted octanol–water partition coefficient (Wildman–Crippen LogP) is 2.03. The molecule has 0 amide bonds. The van der Waals surface area contributed by atoms with Crippen molar-refractivity contribution >= 4 is 11.5 Å². The van der Waals surface area contributed by atoms with E-state index in [-0.39, 0.29) is 5.78 Å². The Balaban J connectivity index is 2.12. The lowest BCUT2D eigenvalue weighted by Crippen LogP contribution is -2.46. The van der Waals surface area contributed by atoms with Crippen molar-refractivity contribution in [3.05, 3.63) is 24.0 Å². The van der Waals surface area contributed by atoms with Crippen molar-refractivity contribution in [3.8, 4) is 0 Å². The monoisotopic (exact) mass is 248 g/mol. The number of anilines is 1. The lowest BCUT2D eigenvalue weighted by Gasteiger charge is -2.38. The van der Waals surface area contributed by atoms with Gasteiger partial charge in [0.15, 0.2) is 5.78 Å². The van der Waals surface area contributed by atoms with Crippen LogP contribution in [0, 0.1) is 0 Å². The first kappa shape index (κ1) is 13.0. The third kappa shape index (κ3) is 2.88. The number of piperidine rings is 1. The van der Waals surface area contributed by atoms with Crippen LogP contribution in [0.2, 0.25) is 0 Å². The lowest BCUT2D eigenvalue weighted by atomic mass is 9.95. The number of carbonyl (C=O) groups excluding carboxylic acids is 1. The van der Waals surface area contributed by atoms with E-state index in [1.54, 1.807) is 12.3 Å². The van der Waals surface area contributed by atoms with Gasteiger partial charge in [0.1, 0.15) is 5.69 Å². The topological polar surface area (TPSA) is 53.4 Å². The van der Waals surface area contributed by atoms with E-state index in [0.29, 0.717) is 18.7 Å². The van der Waals surface area contributed by atoms with E-state index in [1.165, 1.54) is 0 Å². The summed E-state index contributed by atoms with van der Waals surface area (Å²) in [6.45, 7) is 5.25. The number of aromatic nitrogens is 1. The average Bonchev–Trinajstić information content (AvgIpc) is 2.37. The molecule has 2 rings (SSSR count). The maximum absolute atomic E-state index is 11.5. The van der Waals surface area contributed by atoms with Gasteiger partial charge in [-0.2, -0.15) is 0 Å². The number of Topliss-reactive ketones (excluding diaryl/α,β-unsaturated/α-hetero) is 1. The summed E-state index contributed by atoms with van der Waals surface area (Å²) in [7, 11) is 0. The van der Waals surface area contributed by atoms with Crippen molar-refractivity contribution in [3.63, 3.8) is 0 Å². The number of pyridine rings is 1. The van der Waals surface area contributed by atoms with Gasteiger partial charge in [0, 0.05) is 19.5 Å². The van der Waals surface area contributed by atoms with Gasteiger partial charge in [0.05, 0.1) is 17.5 Å². The van der Waals surface area contributed by atoms with Crippen LogP contribution < -0.4 is 4.90 Å². The van der Waals surface area contributed by atoms with Crippen LogP contribution in [-0.2, 0) is 0 Å². The summed E-state index contributed by atoms with van der Waals surface area (Å²) in [4.78, 5) is 17.8. The summed E-state index contributed by atoms with van der Waals surface area (Å²) in [5, 5.41) is 10.1. The minimum absolute atomic E-state index is 0.0622. The molecule has 4 heteroatoms. The molecule has 1 fully saturated rings. The highest BCUT2D eigenvalue weighted by Crippen LogP contribution is 2.25. The third-order valence-electron chi connectivity index (χ3n) is 3.39. The van der Waals surface area contributed by atoms with Crippen LogP contribution in [0.4, 0.5) is 5.69 Å². The van der Waals surface area contributed by atoms with E-state index in [4.69, 9.17) is 0 Å². The van der Waals surface area contributed by atoms with Crippen LogP contribution in [0.3, 0.4) is 0 Å². The van der Waals surface area contributed by atoms with E-state index in [1.807, 2.05) is 19.9 Å². The first-order valence-corrected chi connectivity index (χ1v) is 6.48. The van der Waals surface area contributed by atoms with Crippen LogP contribution >= 0.6 is 0 Å². The number of ketones is 1. The fourth-order valence-electron chi connectivity index (χ4n) is 2.36. The van der Waals surface area contributed by atoms with Crippen molar-refractivity contribution in [1.82, 2.24) is 4.98 Å². The summed E-state index contributed by atoms with van der Waals surface area (Å²) in [5.41, 5.74) is 0.864. The Morgan fingerprint density at radius 2 is 2.33 bits per heavy atom. The molecule has 1 N–H and O–H groups in total. The number of carbonyl (C=O) groups is 1. The minimum atomic E-state index is -0.629. The Morgan fingerprint density at radius 3 is 2.89 bits per heavy atom. The van der Waals surface area contributed by atoms with Crippen molar-refractivity contribution in [2.45, 2.75) is 38.7 Å². The number of aliphatic hydroxyl groups is 1. The highest BCUT2D eigenvalue weighted by atomic mass is 16.3. The normalized spacial score (nSPS) is 24.1. The zero-order valence-corrected chi connectivity index (χ0v) is 11.0. The van der Waals surface area contributed by atoms with E-state index < -0.39 is 5.60 Å². The largest absolute Gasteiger partial charge is 0.388 e. The SMILES string of the molecule is CCC(=O)c1ccc(N2CCCC(C)(O)C2)cn1. The molecular formula is C14H20N2O2. The Bertz CT molecular complexity index is 426. The second kappa shape index (κ2) is 5.06. The second-order valence-corrected chi connectivity index (χ2v) is 5.20. The van der Waals surface area contributed by atoms with Crippen LogP contribution in [0.15, 0.2) is 18.3 Å². The molecule has 18 heavy (non-hydrogen) atoms. The fraction of sp³-hybridized carbons (Fsp3) is 0.571. The molecule has 98 valence electrons. The van der Waals surface area contributed by atoms with Crippen LogP contribution in [0.1, 0.15) is 43.6 Å². The number of hydrogen-bond donors (Lipinski definition) is 1.